The van der Waals surface area contributed by atoms with Crippen molar-refractivity contribution in [1.82, 2.24) is 15.1 Å². The Balaban J connectivity index is 1.78. The van der Waals surface area contributed by atoms with Crippen molar-refractivity contribution in [2.45, 2.75) is 26.5 Å². The fourth-order valence-corrected chi connectivity index (χ4v) is 3.71. The van der Waals surface area contributed by atoms with Crippen LogP contribution in [0.1, 0.15) is 27.9 Å². The SMILES string of the molecule is C=CCNC(=O)[C@@H](C)OC(=O)c1cc2c(C)nn(Cc3ccccc3)c2s1. The number of aryl methyl sites for hydroxylation is 1. The summed E-state index contributed by atoms with van der Waals surface area (Å²) in [5, 5.41) is 8.10. The molecular weight excluding hydrogens is 362 g/mol. The predicted molar refractivity (Wildman–Crippen MR) is 106 cm³/mol. The van der Waals surface area contributed by atoms with Crippen LogP contribution >= 0.6 is 11.3 Å². The van der Waals surface area contributed by atoms with Gasteiger partial charge in [0.2, 0.25) is 0 Å². The van der Waals surface area contributed by atoms with Gasteiger partial charge in [0.1, 0.15) is 9.71 Å². The van der Waals surface area contributed by atoms with E-state index in [2.05, 4.69) is 17.0 Å². The first-order valence-corrected chi connectivity index (χ1v) is 9.41. The van der Waals surface area contributed by atoms with Crippen LogP contribution in [0.2, 0.25) is 0 Å². The summed E-state index contributed by atoms with van der Waals surface area (Å²) in [5.74, 6) is -0.862. The Kier molecular flexibility index (Phi) is 5.71. The molecule has 1 N–H and O–H groups in total. The minimum atomic E-state index is -0.871. The van der Waals surface area contributed by atoms with Gasteiger partial charge in [0, 0.05) is 11.9 Å². The van der Waals surface area contributed by atoms with Gasteiger partial charge in [-0.2, -0.15) is 5.10 Å². The molecule has 6 nitrogen and oxygen atoms in total. The summed E-state index contributed by atoms with van der Waals surface area (Å²) in [6, 6.07) is 11.8. The molecule has 2 heterocycles. The topological polar surface area (TPSA) is 73.2 Å². The van der Waals surface area contributed by atoms with Crippen LogP contribution in [-0.2, 0) is 16.1 Å². The zero-order chi connectivity index (χ0) is 19.4. The van der Waals surface area contributed by atoms with Crippen LogP contribution in [0.25, 0.3) is 10.2 Å². The molecular formula is C20H21N3O3S. The number of carbonyl (C=O) groups is 2. The van der Waals surface area contributed by atoms with E-state index in [-0.39, 0.29) is 5.91 Å². The van der Waals surface area contributed by atoms with E-state index in [9.17, 15) is 9.59 Å². The third-order valence-corrected chi connectivity index (χ3v) is 5.19. The third-order valence-electron chi connectivity index (χ3n) is 4.06. The van der Waals surface area contributed by atoms with Gasteiger partial charge in [-0.3, -0.25) is 9.48 Å². The number of rotatable bonds is 7. The van der Waals surface area contributed by atoms with E-state index in [1.807, 2.05) is 41.9 Å². The quantitative estimate of drug-likeness (QED) is 0.502. The number of esters is 1. The van der Waals surface area contributed by atoms with Crippen LogP contribution in [0.15, 0.2) is 49.1 Å². The van der Waals surface area contributed by atoms with E-state index in [0.717, 1.165) is 21.5 Å². The highest BCUT2D eigenvalue weighted by Crippen LogP contribution is 2.29. The highest BCUT2D eigenvalue weighted by atomic mass is 32.1. The Labute approximate surface area is 161 Å². The molecule has 7 heteroatoms. The maximum Gasteiger partial charge on any atom is 0.349 e. The van der Waals surface area contributed by atoms with Crippen molar-refractivity contribution in [1.29, 1.82) is 0 Å². The van der Waals surface area contributed by atoms with Crippen LogP contribution in [0.4, 0.5) is 0 Å². The van der Waals surface area contributed by atoms with E-state index >= 15 is 0 Å². The first kappa shape index (κ1) is 18.8. The lowest BCUT2D eigenvalue weighted by Gasteiger charge is -2.11. The fourth-order valence-electron chi connectivity index (χ4n) is 2.67. The molecule has 140 valence electrons. The van der Waals surface area contributed by atoms with Gasteiger partial charge in [0.25, 0.3) is 5.91 Å². The summed E-state index contributed by atoms with van der Waals surface area (Å²) >= 11 is 1.32. The molecule has 0 radical (unpaired) electrons. The number of nitrogens with zero attached hydrogens (tertiary/aromatic N) is 2. The molecule has 0 aliphatic rings. The molecule has 1 atom stereocenters. The monoisotopic (exact) mass is 383 g/mol. The summed E-state index contributed by atoms with van der Waals surface area (Å²) in [6.07, 6.45) is 0.698. The standard InChI is InChI=1S/C20H21N3O3S/c1-4-10-21-18(24)14(3)26-20(25)17-11-16-13(2)22-23(19(16)27-17)12-15-8-6-5-7-9-15/h4-9,11,14H,1,10,12H2,2-3H3,(H,21,24)/t14-/m1/s1. The summed E-state index contributed by atoms with van der Waals surface area (Å²) < 4.78 is 7.18. The molecule has 2 aromatic heterocycles. The molecule has 0 aliphatic carbocycles. The summed E-state index contributed by atoms with van der Waals surface area (Å²) in [7, 11) is 0. The summed E-state index contributed by atoms with van der Waals surface area (Å²) in [5.41, 5.74) is 1.99. The molecule has 1 aromatic carbocycles. The first-order valence-electron chi connectivity index (χ1n) is 8.60. The minimum absolute atomic E-state index is 0.331. The molecule has 0 unspecified atom stereocenters. The van der Waals surface area contributed by atoms with Gasteiger partial charge in [0.05, 0.1) is 12.2 Å². The van der Waals surface area contributed by atoms with E-state index in [4.69, 9.17) is 4.74 Å². The van der Waals surface area contributed by atoms with E-state index < -0.39 is 12.1 Å². The Morgan fingerprint density at radius 1 is 1.37 bits per heavy atom. The number of ether oxygens (including phenoxy) is 1. The molecule has 3 rings (SSSR count). The highest BCUT2D eigenvalue weighted by molar-refractivity contribution is 7.20. The molecule has 0 saturated heterocycles. The first-order chi connectivity index (χ1) is 13.0. The predicted octanol–water partition coefficient (Wildman–Crippen LogP) is 3.30. The van der Waals surface area contributed by atoms with Crippen molar-refractivity contribution in [2.75, 3.05) is 6.54 Å². The molecule has 0 saturated carbocycles. The number of amides is 1. The van der Waals surface area contributed by atoms with Crippen molar-refractivity contribution in [2.24, 2.45) is 0 Å². The van der Waals surface area contributed by atoms with Gasteiger partial charge in [-0.1, -0.05) is 36.4 Å². The zero-order valence-corrected chi connectivity index (χ0v) is 16.1. The lowest BCUT2D eigenvalue weighted by atomic mass is 10.2. The van der Waals surface area contributed by atoms with Crippen molar-refractivity contribution in [3.63, 3.8) is 0 Å². The number of hydrogen-bond donors (Lipinski definition) is 1. The second-order valence-electron chi connectivity index (χ2n) is 6.14. The Morgan fingerprint density at radius 2 is 2.11 bits per heavy atom. The average molecular weight is 383 g/mol. The lowest BCUT2D eigenvalue weighted by Crippen LogP contribution is -2.35. The van der Waals surface area contributed by atoms with Crippen LogP contribution in [-0.4, -0.2) is 34.3 Å². The Hall–Kier alpha value is -2.93. The van der Waals surface area contributed by atoms with Gasteiger partial charge in [0.15, 0.2) is 6.10 Å². The maximum absolute atomic E-state index is 12.4. The van der Waals surface area contributed by atoms with Crippen LogP contribution in [0, 0.1) is 6.92 Å². The average Bonchev–Trinajstić information content (AvgIpc) is 3.22. The molecule has 0 aliphatic heterocycles. The van der Waals surface area contributed by atoms with Crippen molar-refractivity contribution in [3.8, 4) is 0 Å². The number of benzene rings is 1. The van der Waals surface area contributed by atoms with Gasteiger partial charge in [-0.25, -0.2) is 4.79 Å². The number of nitrogens with one attached hydrogen (secondary N) is 1. The second-order valence-corrected chi connectivity index (χ2v) is 7.17. The van der Waals surface area contributed by atoms with E-state index in [1.165, 1.54) is 11.3 Å². The van der Waals surface area contributed by atoms with Crippen molar-refractivity contribution in [3.05, 3.63) is 65.2 Å². The number of thiophene rings is 1. The largest absolute Gasteiger partial charge is 0.448 e. The van der Waals surface area contributed by atoms with Crippen LogP contribution < -0.4 is 5.32 Å². The lowest BCUT2D eigenvalue weighted by molar-refractivity contribution is -0.128. The minimum Gasteiger partial charge on any atom is -0.448 e. The molecule has 27 heavy (non-hydrogen) atoms. The van der Waals surface area contributed by atoms with Gasteiger partial charge < -0.3 is 10.1 Å². The summed E-state index contributed by atoms with van der Waals surface area (Å²) in [4.78, 5) is 25.7. The second kappa shape index (κ2) is 8.18. The number of fused-ring (bicyclic) bond motifs is 1. The number of carbonyl (C=O) groups excluding carboxylic acids is 2. The zero-order valence-electron chi connectivity index (χ0n) is 15.3. The Morgan fingerprint density at radius 3 is 2.81 bits per heavy atom. The smallest absolute Gasteiger partial charge is 0.349 e. The maximum atomic E-state index is 12.4. The molecule has 1 amide bonds. The van der Waals surface area contributed by atoms with Gasteiger partial charge >= 0.3 is 5.97 Å². The van der Waals surface area contributed by atoms with Crippen molar-refractivity contribution >= 4 is 33.4 Å². The number of hydrogen-bond acceptors (Lipinski definition) is 5. The normalized spacial score (nSPS) is 11.9. The van der Waals surface area contributed by atoms with Gasteiger partial charge in [-0.05, 0) is 25.5 Å². The van der Waals surface area contributed by atoms with Crippen molar-refractivity contribution < 1.29 is 14.3 Å². The van der Waals surface area contributed by atoms with Crippen LogP contribution in [0.3, 0.4) is 0 Å². The summed E-state index contributed by atoms with van der Waals surface area (Å²) in [6.45, 7) is 7.95. The number of aromatic nitrogens is 2. The fraction of sp³-hybridized carbons (Fsp3) is 0.250. The molecule has 0 spiro atoms. The van der Waals surface area contributed by atoms with Crippen LogP contribution in [0.5, 0.6) is 0 Å². The third kappa shape index (κ3) is 4.25. The molecule has 0 fully saturated rings. The van der Waals surface area contributed by atoms with E-state index in [1.54, 1.807) is 19.1 Å². The molecule has 0 bridgehead atoms. The van der Waals surface area contributed by atoms with E-state index in [0.29, 0.717) is 18.0 Å². The Bertz CT molecular complexity index is 975. The highest BCUT2D eigenvalue weighted by Gasteiger charge is 2.22. The van der Waals surface area contributed by atoms with Gasteiger partial charge in [-0.15, -0.1) is 17.9 Å². The molecule has 3 aromatic rings.